The van der Waals surface area contributed by atoms with Crippen molar-refractivity contribution in [1.82, 2.24) is 15.0 Å². The number of halogens is 1. The van der Waals surface area contributed by atoms with Crippen molar-refractivity contribution in [2.24, 2.45) is 0 Å². The van der Waals surface area contributed by atoms with Crippen LogP contribution in [0.25, 0.3) is 11.2 Å². The molecule has 0 bridgehead atoms. The summed E-state index contributed by atoms with van der Waals surface area (Å²) in [5.74, 6) is 0.985. The lowest BCUT2D eigenvalue weighted by Gasteiger charge is -2.27. The standard InChI is InChI=1S/C10H11IN4O/c11-10-12-7-1-2-8(13-9(7)14-10)15-3-5-16-6-4-15/h1-2H,3-6H2,(H,12,13,14). The lowest BCUT2D eigenvalue weighted by atomic mass is 10.3. The van der Waals surface area contributed by atoms with E-state index in [1.54, 1.807) is 0 Å². The van der Waals surface area contributed by atoms with Gasteiger partial charge in [0.15, 0.2) is 9.48 Å². The van der Waals surface area contributed by atoms with Gasteiger partial charge >= 0.3 is 0 Å². The van der Waals surface area contributed by atoms with Crippen molar-refractivity contribution in [2.45, 2.75) is 0 Å². The highest BCUT2D eigenvalue weighted by atomic mass is 127. The zero-order valence-corrected chi connectivity index (χ0v) is 10.8. The van der Waals surface area contributed by atoms with E-state index < -0.39 is 0 Å². The van der Waals surface area contributed by atoms with Crippen LogP contribution in [-0.4, -0.2) is 41.3 Å². The summed E-state index contributed by atoms with van der Waals surface area (Å²) in [6.45, 7) is 3.36. The predicted molar refractivity (Wildman–Crippen MR) is 69.6 cm³/mol. The normalized spacial score (nSPS) is 16.9. The average Bonchev–Trinajstić information content (AvgIpc) is 2.69. The molecule has 0 amide bonds. The zero-order chi connectivity index (χ0) is 11.0. The molecule has 0 radical (unpaired) electrons. The summed E-state index contributed by atoms with van der Waals surface area (Å²) in [4.78, 5) is 14.3. The molecule has 2 aromatic heterocycles. The molecule has 0 unspecified atom stereocenters. The first-order valence-corrected chi connectivity index (χ1v) is 6.26. The highest BCUT2D eigenvalue weighted by Gasteiger charge is 2.13. The van der Waals surface area contributed by atoms with Gasteiger partial charge in [-0.3, -0.25) is 0 Å². The second-order valence-electron chi connectivity index (χ2n) is 3.67. The second-order valence-corrected chi connectivity index (χ2v) is 4.69. The molecular formula is C10H11IN4O. The van der Waals surface area contributed by atoms with Gasteiger partial charge in [-0.05, 0) is 34.7 Å². The van der Waals surface area contributed by atoms with Gasteiger partial charge in [0.05, 0.1) is 18.7 Å². The van der Waals surface area contributed by atoms with Crippen LogP contribution >= 0.6 is 22.6 Å². The van der Waals surface area contributed by atoms with Gasteiger partial charge in [0.2, 0.25) is 0 Å². The summed E-state index contributed by atoms with van der Waals surface area (Å²) in [5.41, 5.74) is 1.77. The number of hydrogen-bond acceptors (Lipinski definition) is 4. The SMILES string of the molecule is Ic1nc2nc(N3CCOCC3)ccc2[nH]1. The van der Waals surface area contributed by atoms with Crippen molar-refractivity contribution in [3.8, 4) is 0 Å². The zero-order valence-electron chi connectivity index (χ0n) is 8.61. The Balaban J connectivity index is 1.97. The molecular weight excluding hydrogens is 319 g/mol. The molecule has 0 spiro atoms. The Morgan fingerprint density at radius 2 is 2.06 bits per heavy atom. The third-order valence-electron chi connectivity index (χ3n) is 2.64. The largest absolute Gasteiger partial charge is 0.378 e. The molecule has 3 heterocycles. The number of H-pyrrole nitrogens is 1. The lowest BCUT2D eigenvalue weighted by Crippen LogP contribution is -2.36. The molecule has 0 atom stereocenters. The van der Waals surface area contributed by atoms with Crippen molar-refractivity contribution in [3.63, 3.8) is 0 Å². The molecule has 1 aliphatic rings. The molecule has 0 aromatic carbocycles. The highest BCUT2D eigenvalue weighted by Crippen LogP contribution is 2.17. The Labute approximate surface area is 106 Å². The van der Waals surface area contributed by atoms with Crippen LogP contribution in [0.2, 0.25) is 0 Å². The van der Waals surface area contributed by atoms with Crippen LogP contribution in [0.3, 0.4) is 0 Å². The number of rotatable bonds is 1. The molecule has 3 rings (SSSR count). The summed E-state index contributed by atoms with van der Waals surface area (Å²) in [6, 6.07) is 4.06. The van der Waals surface area contributed by atoms with Gasteiger partial charge in [0.1, 0.15) is 5.82 Å². The van der Waals surface area contributed by atoms with Gasteiger partial charge in [-0.25, -0.2) is 9.97 Å². The minimum Gasteiger partial charge on any atom is -0.378 e. The number of ether oxygens (including phenoxy) is 1. The quantitative estimate of drug-likeness (QED) is 0.803. The first-order chi connectivity index (χ1) is 7.83. The number of anilines is 1. The van der Waals surface area contributed by atoms with E-state index in [0.29, 0.717) is 0 Å². The number of nitrogens with zero attached hydrogens (tertiary/aromatic N) is 3. The topological polar surface area (TPSA) is 54.0 Å². The molecule has 1 aliphatic heterocycles. The number of morpholine rings is 1. The number of aromatic nitrogens is 3. The molecule has 1 saturated heterocycles. The van der Waals surface area contributed by atoms with E-state index in [9.17, 15) is 0 Å². The summed E-state index contributed by atoms with van der Waals surface area (Å²) < 4.78 is 6.19. The molecule has 0 aliphatic carbocycles. The predicted octanol–water partition coefficient (Wildman–Crippen LogP) is 1.40. The number of aromatic amines is 1. The van der Waals surface area contributed by atoms with E-state index in [-0.39, 0.29) is 0 Å². The lowest BCUT2D eigenvalue weighted by molar-refractivity contribution is 0.122. The van der Waals surface area contributed by atoms with Gasteiger partial charge in [0, 0.05) is 13.1 Å². The minimum absolute atomic E-state index is 0.776. The fourth-order valence-electron chi connectivity index (χ4n) is 1.82. The van der Waals surface area contributed by atoms with Crippen molar-refractivity contribution in [2.75, 3.05) is 31.2 Å². The Hall–Kier alpha value is -0.890. The van der Waals surface area contributed by atoms with E-state index in [1.807, 2.05) is 12.1 Å². The number of fused-ring (bicyclic) bond motifs is 1. The monoisotopic (exact) mass is 330 g/mol. The third-order valence-corrected chi connectivity index (χ3v) is 3.15. The van der Waals surface area contributed by atoms with Crippen LogP contribution < -0.4 is 4.90 Å². The van der Waals surface area contributed by atoms with Crippen LogP contribution in [-0.2, 0) is 4.74 Å². The van der Waals surface area contributed by atoms with Crippen molar-refractivity contribution in [3.05, 3.63) is 16.0 Å². The van der Waals surface area contributed by atoms with Gasteiger partial charge in [-0.1, -0.05) is 0 Å². The second kappa shape index (κ2) is 4.17. The van der Waals surface area contributed by atoms with Crippen molar-refractivity contribution < 1.29 is 4.74 Å². The van der Waals surface area contributed by atoms with Crippen LogP contribution in [0.4, 0.5) is 5.82 Å². The molecule has 6 heteroatoms. The first kappa shape index (κ1) is 10.3. The Bertz CT molecular complexity index is 506. The summed E-state index contributed by atoms with van der Waals surface area (Å²) in [6.07, 6.45) is 0. The Kier molecular flexibility index (Phi) is 2.68. The maximum Gasteiger partial charge on any atom is 0.180 e. The van der Waals surface area contributed by atoms with Gasteiger partial charge in [-0.2, -0.15) is 0 Å². The minimum atomic E-state index is 0.776. The highest BCUT2D eigenvalue weighted by molar-refractivity contribution is 14.1. The number of hydrogen-bond donors (Lipinski definition) is 1. The first-order valence-electron chi connectivity index (χ1n) is 5.18. The summed E-state index contributed by atoms with van der Waals surface area (Å²) in [7, 11) is 0. The number of imidazole rings is 1. The van der Waals surface area contributed by atoms with Crippen LogP contribution in [0.5, 0.6) is 0 Å². The van der Waals surface area contributed by atoms with Crippen molar-refractivity contribution in [1.29, 1.82) is 0 Å². The maximum atomic E-state index is 5.32. The Morgan fingerprint density at radius 3 is 2.88 bits per heavy atom. The van der Waals surface area contributed by atoms with E-state index in [4.69, 9.17) is 4.74 Å². The van der Waals surface area contributed by atoms with Gasteiger partial charge in [0.25, 0.3) is 0 Å². The molecule has 1 N–H and O–H groups in total. The molecule has 1 fully saturated rings. The van der Waals surface area contributed by atoms with Gasteiger partial charge < -0.3 is 14.6 Å². The van der Waals surface area contributed by atoms with E-state index in [1.165, 1.54) is 0 Å². The summed E-state index contributed by atoms with van der Waals surface area (Å²) >= 11 is 2.16. The van der Waals surface area contributed by atoms with Crippen molar-refractivity contribution >= 4 is 39.6 Å². The number of pyridine rings is 1. The van der Waals surface area contributed by atoms with Crippen LogP contribution in [0, 0.1) is 3.83 Å². The fraction of sp³-hybridized carbons (Fsp3) is 0.400. The third kappa shape index (κ3) is 1.86. The number of nitrogens with one attached hydrogen (secondary N) is 1. The molecule has 16 heavy (non-hydrogen) atoms. The summed E-state index contributed by atoms with van der Waals surface area (Å²) in [5, 5.41) is 0. The molecule has 84 valence electrons. The van der Waals surface area contributed by atoms with Crippen LogP contribution in [0.1, 0.15) is 0 Å². The van der Waals surface area contributed by atoms with E-state index in [0.717, 1.165) is 47.1 Å². The molecule has 5 nitrogen and oxygen atoms in total. The average molecular weight is 330 g/mol. The van der Waals surface area contributed by atoms with Crippen LogP contribution in [0.15, 0.2) is 12.1 Å². The fourth-order valence-corrected chi connectivity index (χ4v) is 2.34. The van der Waals surface area contributed by atoms with Gasteiger partial charge in [-0.15, -0.1) is 0 Å². The Morgan fingerprint density at radius 1 is 1.25 bits per heavy atom. The maximum absolute atomic E-state index is 5.32. The van der Waals surface area contributed by atoms with E-state index >= 15 is 0 Å². The van der Waals surface area contributed by atoms with E-state index in [2.05, 4.69) is 42.4 Å². The molecule has 0 saturated carbocycles. The smallest absolute Gasteiger partial charge is 0.180 e. The molecule has 2 aromatic rings.